The average Bonchev–Trinajstić information content (AvgIpc) is 3.43. The van der Waals surface area contributed by atoms with Gasteiger partial charge in [0.15, 0.2) is 6.10 Å². The molecule has 0 amide bonds. The SMILES string of the molecule is C=C(CCC12OC(C(=O)OCCC(C)C)C(O)(C(=O)O)C(C(=O)OCc3ccccc3)(O1)[C@H](OC(=O)/C=C/[C@@H](C)C[C@@H](C)CC)[C@H]2O)[C@@H](OC(C)=O)[C@H](C)Cc1ccccc1. The summed E-state index contributed by atoms with van der Waals surface area (Å²) in [5.74, 6) is -9.43. The number of fused-ring (bicyclic) bond motifs is 2. The summed E-state index contributed by atoms with van der Waals surface area (Å²) in [5.41, 5.74) is -5.30. The van der Waals surface area contributed by atoms with Crippen molar-refractivity contribution >= 4 is 29.8 Å². The molecule has 2 saturated heterocycles. The Kier molecular flexibility index (Phi) is 17.0. The quantitative estimate of drug-likeness (QED) is 0.0535. The molecule has 2 aliphatic rings. The first-order valence-electron chi connectivity index (χ1n) is 21.0. The van der Waals surface area contributed by atoms with E-state index in [4.69, 9.17) is 28.4 Å². The molecule has 61 heavy (non-hydrogen) atoms. The van der Waals surface area contributed by atoms with Crippen LogP contribution in [0.25, 0.3) is 0 Å². The predicted octanol–water partition coefficient (Wildman–Crippen LogP) is 6.05. The van der Waals surface area contributed by atoms with Crippen molar-refractivity contribution in [2.75, 3.05) is 6.61 Å². The number of aliphatic hydroxyl groups is 2. The fourth-order valence-corrected chi connectivity index (χ4v) is 7.86. The van der Waals surface area contributed by atoms with E-state index in [0.29, 0.717) is 29.9 Å². The van der Waals surface area contributed by atoms with Gasteiger partial charge in [-0.15, -0.1) is 0 Å². The van der Waals surface area contributed by atoms with Crippen LogP contribution in [0.1, 0.15) is 91.7 Å². The highest BCUT2D eigenvalue weighted by Crippen LogP contribution is 2.56. The summed E-state index contributed by atoms with van der Waals surface area (Å²) in [6.45, 7) is 16.3. The van der Waals surface area contributed by atoms with Gasteiger partial charge in [-0.3, -0.25) is 4.79 Å². The van der Waals surface area contributed by atoms with Gasteiger partial charge in [0, 0.05) is 25.3 Å². The maximum Gasteiger partial charge on any atom is 0.346 e. The van der Waals surface area contributed by atoms with Crippen molar-refractivity contribution in [3.63, 3.8) is 0 Å². The van der Waals surface area contributed by atoms with E-state index < -0.39 is 84.3 Å². The topological polar surface area (TPSA) is 201 Å². The van der Waals surface area contributed by atoms with Gasteiger partial charge in [0.1, 0.15) is 18.8 Å². The van der Waals surface area contributed by atoms with Crippen molar-refractivity contribution in [3.8, 4) is 0 Å². The van der Waals surface area contributed by atoms with Crippen LogP contribution in [0.3, 0.4) is 0 Å². The van der Waals surface area contributed by atoms with E-state index in [1.807, 2.05) is 65.0 Å². The summed E-state index contributed by atoms with van der Waals surface area (Å²) < 4.78 is 35.0. The second kappa shape index (κ2) is 21.3. The summed E-state index contributed by atoms with van der Waals surface area (Å²) in [6, 6.07) is 17.8. The average molecular weight is 851 g/mol. The van der Waals surface area contributed by atoms with Crippen LogP contribution in [0.2, 0.25) is 0 Å². The van der Waals surface area contributed by atoms with Crippen LogP contribution >= 0.6 is 0 Å². The maximum absolute atomic E-state index is 14.7. The van der Waals surface area contributed by atoms with E-state index in [9.17, 15) is 39.3 Å². The van der Waals surface area contributed by atoms with Gasteiger partial charge in [-0.1, -0.05) is 121 Å². The van der Waals surface area contributed by atoms with E-state index in [1.54, 1.807) is 36.4 Å². The molecule has 0 aromatic heterocycles. The molecule has 10 atom stereocenters. The number of carboxylic acids is 1. The molecule has 2 fully saturated rings. The zero-order valence-electron chi connectivity index (χ0n) is 36.2. The number of carboxylic acid groups (broad SMARTS) is 1. The molecule has 2 bridgehead atoms. The Bertz CT molecular complexity index is 1860. The zero-order chi connectivity index (χ0) is 45.1. The maximum atomic E-state index is 14.7. The number of aliphatic hydroxyl groups excluding tert-OH is 1. The van der Waals surface area contributed by atoms with Crippen molar-refractivity contribution in [3.05, 3.63) is 96.1 Å². The van der Waals surface area contributed by atoms with Crippen LogP contribution < -0.4 is 0 Å². The van der Waals surface area contributed by atoms with Crippen LogP contribution in [0.15, 0.2) is 85.0 Å². The molecular formula is C47H62O14. The normalized spacial score (nSPS) is 26.5. The molecule has 14 nitrogen and oxygen atoms in total. The van der Waals surface area contributed by atoms with Gasteiger partial charge in [-0.2, -0.15) is 0 Å². The number of carbonyl (C=O) groups excluding carboxylic acids is 4. The molecule has 2 aromatic rings. The molecular weight excluding hydrogens is 789 g/mol. The third-order valence-electron chi connectivity index (χ3n) is 11.4. The lowest BCUT2D eigenvalue weighted by atomic mass is 9.74. The van der Waals surface area contributed by atoms with E-state index in [1.165, 1.54) is 6.92 Å². The molecule has 0 spiro atoms. The summed E-state index contributed by atoms with van der Waals surface area (Å²) in [6.07, 6.45) is -3.52. The van der Waals surface area contributed by atoms with Crippen LogP contribution in [-0.4, -0.2) is 93.2 Å². The molecule has 4 unspecified atom stereocenters. The first kappa shape index (κ1) is 48.8. The van der Waals surface area contributed by atoms with E-state index in [2.05, 4.69) is 13.5 Å². The second-order valence-electron chi connectivity index (χ2n) is 16.9. The molecule has 334 valence electrons. The second-order valence-corrected chi connectivity index (χ2v) is 16.9. The fourth-order valence-electron chi connectivity index (χ4n) is 7.86. The summed E-state index contributed by atoms with van der Waals surface area (Å²) in [7, 11) is 0. The Balaban J connectivity index is 1.84. The number of rotatable bonds is 22. The van der Waals surface area contributed by atoms with Crippen molar-refractivity contribution < 1.29 is 67.7 Å². The van der Waals surface area contributed by atoms with Gasteiger partial charge in [0.2, 0.25) is 17.5 Å². The molecule has 2 aromatic carbocycles. The van der Waals surface area contributed by atoms with Crippen molar-refractivity contribution in [2.24, 2.45) is 23.7 Å². The smallest absolute Gasteiger partial charge is 0.346 e. The minimum Gasteiger partial charge on any atom is -0.479 e. The van der Waals surface area contributed by atoms with Crippen LogP contribution in [0.5, 0.6) is 0 Å². The van der Waals surface area contributed by atoms with E-state index in [-0.39, 0.29) is 30.8 Å². The van der Waals surface area contributed by atoms with E-state index in [0.717, 1.165) is 24.5 Å². The minimum absolute atomic E-state index is 0.0515. The first-order valence-corrected chi connectivity index (χ1v) is 21.0. The number of hydrogen-bond acceptors (Lipinski definition) is 13. The lowest BCUT2D eigenvalue weighted by Crippen LogP contribution is -2.78. The molecule has 2 aliphatic heterocycles. The molecule has 0 radical (unpaired) electrons. The van der Waals surface area contributed by atoms with Gasteiger partial charge in [0.25, 0.3) is 5.60 Å². The Morgan fingerprint density at radius 2 is 1.56 bits per heavy atom. The number of carbonyl (C=O) groups is 5. The van der Waals surface area contributed by atoms with Crippen LogP contribution in [-0.2, 0) is 65.4 Å². The highest BCUT2D eigenvalue weighted by Gasteiger charge is 2.86. The predicted molar refractivity (Wildman–Crippen MR) is 222 cm³/mol. The van der Waals surface area contributed by atoms with Crippen molar-refractivity contribution in [2.45, 2.75) is 135 Å². The van der Waals surface area contributed by atoms with Crippen molar-refractivity contribution in [1.82, 2.24) is 0 Å². The van der Waals surface area contributed by atoms with Gasteiger partial charge >= 0.3 is 29.8 Å². The van der Waals surface area contributed by atoms with Gasteiger partial charge in [-0.25, -0.2) is 19.2 Å². The number of allylic oxidation sites excluding steroid dienone is 1. The monoisotopic (exact) mass is 850 g/mol. The summed E-state index contributed by atoms with van der Waals surface area (Å²) in [5, 5.41) is 35.7. The molecule has 2 heterocycles. The Morgan fingerprint density at radius 1 is 0.934 bits per heavy atom. The third-order valence-corrected chi connectivity index (χ3v) is 11.4. The molecule has 3 N–H and O–H groups in total. The number of esters is 4. The molecule has 0 saturated carbocycles. The van der Waals surface area contributed by atoms with Crippen LogP contribution in [0.4, 0.5) is 0 Å². The standard InChI is InChI=1S/C47H62O14/c1-9-30(4)26-31(5)20-21-37(49)59-40-39(50)45(24-22-32(6)38(58-34(8)48)33(7)27-35-16-12-10-13-17-35)60-41(42(51)56-25-23-29(2)3)46(55,43(52)53)47(40,61-45)44(54)57-28-36-18-14-11-15-19-36/h10-21,29-31,33,38-41,50,55H,6,9,22-28H2,1-5,7-8H3,(H,52,53)/b21-20+/t30-,31+,33+,38+,39+,40+,41?,45?,46?,47?/m0/s1. The van der Waals surface area contributed by atoms with Crippen molar-refractivity contribution in [1.29, 1.82) is 0 Å². The largest absolute Gasteiger partial charge is 0.479 e. The highest BCUT2D eigenvalue weighted by molar-refractivity contribution is 5.99. The molecule has 0 aliphatic carbocycles. The van der Waals surface area contributed by atoms with Gasteiger partial charge < -0.3 is 43.7 Å². The number of aliphatic carboxylic acids is 1. The highest BCUT2D eigenvalue weighted by atomic mass is 16.8. The lowest BCUT2D eigenvalue weighted by Gasteiger charge is -2.49. The Hall–Kier alpha value is -4.89. The molecule has 4 rings (SSSR count). The number of ether oxygens (including phenoxy) is 6. The van der Waals surface area contributed by atoms with Gasteiger partial charge in [0.05, 0.1) is 6.61 Å². The van der Waals surface area contributed by atoms with E-state index >= 15 is 0 Å². The minimum atomic E-state index is -3.71. The Labute approximate surface area is 358 Å². The number of hydrogen-bond donors (Lipinski definition) is 3. The Morgan fingerprint density at radius 3 is 2.13 bits per heavy atom. The first-order chi connectivity index (χ1) is 28.8. The fraction of sp³-hybridized carbons (Fsp3) is 0.553. The summed E-state index contributed by atoms with van der Waals surface area (Å²) in [4.78, 5) is 68.3. The number of benzene rings is 2. The van der Waals surface area contributed by atoms with Crippen LogP contribution in [0, 0.1) is 23.7 Å². The molecule has 14 heteroatoms. The third kappa shape index (κ3) is 11.3. The summed E-state index contributed by atoms with van der Waals surface area (Å²) >= 11 is 0. The lowest BCUT2D eigenvalue weighted by molar-refractivity contribution is -0.375. The zero-order valence-corrected chi connectivity index (χ0v) is 36.2. The van der Waals surface area contributed by atoms with Gasteiger partial charge in [-0.05, 0) is 60.1 Å².